The first-order chi connectivity index (χ1) is 7.09. The van der Waals surface area contributed by atoms with Gasteiger partial charge in [0.05, 0.1) is 28.1 Å². The largest absolute Gasteiger partial charge is 0.345 e. The third kappa shape index (κ3) is 10.1. The lowest BCUT2D eigenvalue weighted by atomic mass is 10.3. The molecule has 0 aliphatic carbocycles. The SMILES string of the molecule is CC.CC(C)N(POCCC#N)C(C)C. The summed E-state index contributed by atoms with van der Waals surface area (Å²) in [6.07, 6.45) is 0.483. The number of nitriles is 1. The van der Waals surface area contributed by atoms with E-state index in [-0.39, 0.29) is 0 Å². The van der Waals surface area contributed by atoms with E-state index in [2.05, 4.69) is 38.4 Å². The van der Waals surface area contributed by atoms with Crippen molar-refractivity contribution >= 4 is 8.96 Å². The maximum Gasteiger partial charge on any atom is 0.0894 e. The van der Waals surface area contributed by atoms with Gasteiger partial charge in [-0.25, -0.2) is 0 Å². The zero-order chi connectivity index (χ0) is 12.3. The molecule has 3 nitrogen and oxygen atoms in total. The molecular formula is C11H25N2OP. The van der Waals surface area contributed by atoms with Crippen LogP contribution in [0.2, 0.25) is 0 Å². The summed E-state index contributed by atoms with van der Waals surface area (Å²) in [6, 6.07) is 3.06. The molecule has 0 aromatic carbocycles. The third-order valence-electron chi connectivity index (χ3n) is 1.60. The molecule has 0 rings (SSSR count). The van der Waals surface area contributed by atoms with Crippen molar-refractivity contribution in [3.05, 3.63) is 0 Å². The van der Waals surface area contributed by atoms with Crippen LogP contribution in [-0.4, -0.2) is 23.4 Å². The first-order valence-electron chi connectivity index (χ1n) is 5.62. The van der Waals surface area contributed by atoms with Crippen molar-refractivity contribution in [3.63, 3.8) is 0 Å². The fourth-order valence-corrected chi connectivity index (χ4v) is 1.79. The second-order valence-electron chi connectivity index (χ2n) is 3.44. The van der Waals surface area contributed by atoms with Crippen LogP contribution in [0.5, 0.6) is 0 Å². The highest BCUT2D eigenvalue weighted by atomic mass is 31.1. The Morgan fingerprint density at radius 2 is 1.67 bits per heavy atom. The monoisotopic (exact) mass is 232 g/mol. The maximum atomic E-state index is 8.31. The predicted octanol–water partition coefficient (Wildman–Crippen LogP) is 3.57. The first kappa shape index (κ1) is 17.2. The van der Waals surface area contributed by atoms with Gasteiger partial charge in [0.15, 0.2) is 0 Å². The van der Waals surface area contributed by atoms with Crippen LogP contribution in [0.3, 0.4) is 0 Å². The van der Waals surface area contributed by atoms with Gasteiger partial charge in [-0.3, -0.25) is 4.67 Å². The van der Waals surface area contributed by atoms with Gasteiger partial charge in [0.2, 0.25) is 0 Å². The molecule has 0 saturated carbocycles. The number of hydrogen-bond donors (Lipinski definition) is 0. The number of rotatable bonds is 6. The summed E-state index contributed by atoms with van der Waals surface area (Å²) in [4.78, 5) is 0. The highest BCUT2D eigenvalue weighted by Gasteiger charge is 2.12. The average molecular weight is 232 g/mol. The first-order valence-corrected chi connectivity index (χ1v) is 6.47. The van der Waals surface area contributed by atoms with E-state index in [1.165, 1.54) is 0 Å². The van der Waals surface area contributed by atoms with Gasteiger partial charge in [-0.1, -0.05) is 13.8 Å². The van der Waals surface area contributed by atoms with E-state index in [1.54, 1.807) is 0 Å². The molecule has 0 aromatic heterocycles. The molecule has 1 atom stereocenters. The molecule has 0 spiro atoms. The molecule has 15 heavy (non-hydrogen) atoms. The molecule has 0 aromatic rings. The Labute approximate surface area is 96.7 Å². The molecule has 4 heteroatoms. The van der Waals surface area contributed by atoms with Gasteiger partial charge in [0.25, 0.3) is 0 Å². The normalized spacial score (nSPS) is 10.9. The lowest BCUT2D eigenvalue weighted by Gasteiger charge is -2.29. The van der Waals surface area contributed by atoms with Crippen molar-refractivity contribution in [2.24, 2.45) is 0 Å². The topological polar surface area (TPSA) is 36.3 Å². The lowest BCUT2D eigenvalue weighted by Crippen LogP contribution is -2.29. The van der Waals surface area contributed by atoms with Crippen LogP contribution < -0.4 is 0 Å². The lowest BCUT2D eigenvalue weighted by molar-refractivity contribution is 0.270. The van der Waals surface area contributed by atoms with Crippen LogP contribution in [0.4, 0.5) is 0 Å². The van der Waals surface area contributed by atoms with E-state index in [4.69, 9.17) is 9.79 Å². The highest BCUT2D eigenvalue weighted by molar-refractivity contribution is 7.29. The molecular weight excluding hydrogens is 207 g/mol. The van der Waals surface area contributed by atoms with Crippen molar-refractivity contribution in [1.82, 2.24) is 4.67 Å². The van der Waals surface area contributed by atoms with E-state index >= 15 is 0 Å². The van der Waals surface area contributed by atoms with Crippen LogP contribution in [0.15, 0.2) is 0 Å². The second kappa shape index (κ2) is 11.9. The Hall–Kier alpha value is -0.160. The molecule has 0 saturated heterocycles. The average Bonchev–Trinajstić information content (AvgIpc) is 2.19. The molecule has 1 unspecified atom stereocenters. The Kier molecular flexibility index (Phi) is 13.7. The van der Waals surface area contributed by atoms with Crippen LogP contribution in [-0.2, 0) is 4.52 Å². The number of nitrogens with zero attached hydrogens (tertiary/aromatic N) is 2. The maximum absolute atomic E-state index is 8.31. The molecule has 0 heterocycles. The summed E-state index contributed by atoms with van der Waals surface area (Å²) in [5, 5.41) is 8.31. The fraction of sp³-hybridized carbons (Fsp3) is 0.909. The molecule has 0 bridgehead atoms. The quantitative estimate of drug-likeness (QED) is 0.519. The van der Waals surface area contributed by atoms with E-state index in [9.17, 15) is 0 Å². The van der Waals surface area contributed by atoms with Gasteiger partial charge in [-0.05, 0) is 27.7 Å². The molecule has 0 aliphatic rings. The van der Waals surface area contributed by atoms with Crippen molar-refractivity contribution < 1.29 is 4.52 Å². The van der Waals surface area contributed by atoms with Crippen LogP contribution in [0.25, 0.3) is 0 Å². The zero-order valence-electron chi connectivity index (χ0n) is 10.9. The summed E-state index contributed by atoms with van der Waals surface area (Å²) in [6.45, 7) is 13.2. The third-order valence-corrected chi connectivity index (χ3v) is 3.18. The highest BCUT2D eigenvalue weighted by Crippen LogP contribution is 2.25. The minimum Gasteiger partial charge on any atom is -0.345 e. The predicted molar refractivity (Wildman–Crippen MR) is 68.0 cm³/mol. The molecule has 0 N–H and O–H groups in total. The van der Waals surface area contributed by atoms with Gasteiger partial charge in [0.1, 0.15) is 0 Å². The van der Waals surface area contributed by atoms with Crippen LogP contribution in [0.1, 0.15) is 48.0 Å². The molecule has 90 valence electrons. The standard InChI is InChI=1S/C9H19N2OP.C2H6/c1-8(2)11(9(3)4)13-12-7-5-6-10;1-2/h8-9,13H,5,7H2,1-4H3;1-2H3. The zero-order valence-corrected chi connectivity index (χ0v) is 11.9. The van der Waals surface area contributed by atoms with Gasteiger partial charge in [-0.15, -0.1) is 0 Å². The van der Waals surface area contributed by atoms with E-state index in [1.807, 2.05) is 13.8 Å². The Bertz CT molecular complexity index is 158. The summed E-state index contributed by atoms with van der Waals surface area (Å²) < 4.78 is 7.67. The van der Waals surface area contributed by atoms with Gasteiger partial charge >= 0.3 is 0 Å². The van der Waals surface area contributed by atoms with Crippen LogP contribution in [0, 0.1) is 11.3 Å². The minimum atomic E-state index is 0.376. The molecule has 0 radical (unpaired) electrons. The van der Waals surface area contributed by atoms with Gasteiger partial charge in [0, 0.05) is 12.1 Å². The van der Waals surface area contributed by atoms with Gasteiger partial charge < -0.3 is 4.52 Å². The fourth-order valence-electron chi connectivity index (χ4n) is 1.02. The number of hydrogen-bond acceptors (Lipinski definition) is 3. The van der Waals surface area contributed by atoms with E-state index in [0.29, 0.717) is 34.1 Å². The Morgan fingerprint density at radius 1 is 1.20 bits per heavy atom. The molecule has 0 amide bonds. The van der Waals surface area contributed by atoms with E-state index < -0.39 is 0 Å². The van der Waals surface area contributed by atoms with Gasteiger partial charge in [-0.2, -0.15) is 5.26 Å². The van der Waals surface area contributed by atoms with Crippen molar-refractivity contribution in [1.29, 1.82) is 5.26 Å². The summed E-state index contributed by atoms with van der Waals surface area (Å²) in [5.41, 5.74) is 0. The molecule has 0 aliphatic heterocycles. The Morgan fingerprint density at radius 3 is 2.00 bits per heavy atom. The van der Waals surface area contributed by atoms with Crippen LogP contribution >= 0.6 is 8.96 Å². The summed E-state index contributed by atoms with van der Waals surface area (Å²) in [7, 11) is 0.376. The molecule has 0 fully saturated rings. The van der Waals surface area contributed by atoms with E-state index in [0.717, 1.165) is 0 Å². The smallest absolute Gasteiger partial charge is 0.0894 e. The minimum absolute atomic E-state index is 0.376. The summed E-state index contributed by atoms with van der Waals surface area (Å²) in [5.74, 6) is 0. The van der Waals surface area contributed by atoms with Crippen molar-refractivity contribution in [2.75, 3.05) is 6.61 Å². The van der Waals surface area contributed by atoms with Crippen molar-refractivity contribution in [2.45, 2.75) is 60.0 Å². The summed E-state index contributed by atoms with van der Waals surface area (Å²) >= 11 is 0. The Balaban J connectivity index is 0. The second-order valence-corrected chi connectivity index (χ2v) is 4.43. The van der Waals surface area contributed by atoms with Crippen molar-refractivity contribution in [3.8, 4) is 6.07 Å².